The summed E-state index contributed by atoms with van der Waals surface area (Å²) in [6, 6.07) is 3.56. The number of hydrogen-bond acceptors (Lipinski definition) is 3. The summed E-state index contributed by atoms with van der Waals surface area (Å²) < 4.78 is 25.9. The number of alkyl halides is 2. The second-order valence-corrected chi connectivity index (χ2v) is 3.76. The molecule has 1 saturated heterocycles. The van der Waals surface area contributed by atoms with Gasteiger partial charge in [-0.15, -0.1) is 0 Å². The van der Waals surface area contributed by atoms with Crippen molar-refractivity contribution < 1.29 is 8.78 Å². The quantitative estimate of drug-likeness (QED) is 0.807. The fourth-order valence-corrected chi connectivity index (χ4v) is 1.66. The highest BCUT2D eigenvalue weighted by molar-refractivity contribution is 5.41. The maximum Gasteiger partial charge on any atom is 0.266 e. The summed E-state index contributed by atoms with van der Waals surface area (Å²) in [5.74, 6) is -1.97. The molecule has 5 heteroatoms. The first-order valence-electron chi connectivity index (χ1n) is 4.88. The molecule has 1 aliphatic heterocycles. The van der Waals surface area contributed by atoms with Gasteiger partial charge in [-0.25, -0.2) is 13.8 Å². The van der Waals surface area contributed by atoms with Crippen LogP contribution in [0.25, 0.3) is 0 Å². The maximum atomic E-state index is 12.9. The van der Waals surface area contributed by atoms with Gasteiger partial charge >= 0.3 is 0 Å². The second-order valence-electron chi connectivity index (χ2n) is 3.76. The van der Waals surface area contributed by atoms with Gasteiger partial charge in [0, 0.05) is 25.7 Å². The highest BCUT2D eigenvalue weighted by Gasteiger charge is 2.38. The number of nitrogens with two attached hydrogens (primary N) is 1. The molecular formula is C10H13F2N3. The SMILES string of the molecule is NCc1ccc(N2CCC(F)(F)C2)nc1. The number of rotatable bonds is 2. The minimum atomic E-state index is -2.58. The number of halogens is 2. The molecular weight excluding hydrogens is 200 g/mol. The van der Waals surface area contributed by atoms with Crippen LogP contribution in [-0.2, 0) is 6.54 Å². The second kappa shape index (κ2) is 3.73. The number of hydrogen-bond donors (Lipinski definition) is 1. The molecule has 3 nitrogen and oxygen atoms in total. The minimum absolute atomic E-state index is 0.0900. The Balaban J connectivity index is 2.11. The van der Waals surface area contributed by atoms with E-state index in [1.54, 1.807) is 17.2 Å². The van der Waals surface area contributed by atoms with E-state index in [0.29, 0.717) is 18.9 Å². The lowest BCUT2D eigenvalue weighted by molar-refractivity contribution is 0.0257. The Hall–Kier alpha value is -1.23. The predicted molar refractivity (Wildman–Crippen MR) is 53.9 cm³/mol. The minimum Gasteiger partial charge on any atom is -0.350 e. The van der Waals surface area contributed by atoms with Crippen molar-refractivity contribution in [1.82, 2.24) is 4.98 Å². The Kier molecular flexibility index (Phi) is 2.56. The van der Waals surface area contributed by atoms with Gasteiger partial charge in [-0.1, -0.05) is 6.07 Å². The highest BCUT2D eigenvalue weighted by atomic mass is 19.3. The van der Waals surface area contributed by atoms with Crippen molar-refractivity contribution in [2.45, 2.75) is 18.9 Å². The van der Waals surface area contributed by atoms with Crippen LogP contribution in [0, 0.1) is 0 Å². The van der Waals surface area contributed by atoms with Crippen molar-refractivity contribution in [3.63, 3.8) is 0 Å². The molecule has 0 bridgehead atoms. The fraction of sp³-hybridized carbons (Fsp3) is 0.500. The van der Waals surface area contributed by atoms with E-state index in [2.05, 4.69) is 4.98 Å². The summed E-state index contributed by atoms with van der Waals surface area (Å²) in [4.78, 5) is 5.71. The van der Waals surface area contributed by atoms with Crippen LogP contribution < -0.4 is 10.6 Å². The molecule has 1 aliphatic rings. The van der Waals surface area contributed by atoms with Crippen LogP contribution in [0.5, 0.6) is 0 Å². The molecule has 0 aromatic carbocycles. The smallest absolute Gasteiger partial charge is 0.266 e. The van der Waals surface area contributed by atoms with Gasteiger partial charge in [-0.3, -0.25) is 0 Å². The molecule has 82 valence electrons. The molecule has 2 N–H and O–H groups in total. The van der Waals surface area contributed by atoms with Crippen LogP contribution in [-0.4, -0.2) is 24.0 Å². The summed E-state index contributed by atoms with van der Waals surface area (Å²) in [5.41, 5.74) is 6.33. The molecule has 2 heterocycles. The van der Waals surface area contributed by atoms with Crippen LogP contribution in [0.15, 0.2) is 18.3 Å². The van der Waals surface area contributed by atoms with E-state index in [1.807, 2.05) is 6.07 Å². The summed E-state index contributed by atoms with van der Waals surface area (Å²) in [6.45, 7) is 0.549. The fourth-order valence-electron chi connectivity index (χ4n) is 1.66. The third-order valence-corrected chi connectivity index (χ3v) is 2.54. The molecule has 0 saturated carbocycles. The highest BCUT2D eigenvalue weighted by Crippen LogP contribution is 2.29. The van der Waals surface area contributed by atoms with Crippen LogP contribution in [0.1, 0.15) is 12.0 Å². The molecule has 0 spiro atoms. The van der Waals surface area contributed by atoms with E-state index < -0.39 is 5.92 Å². The lowest BCUT2D eigenvalue weighted by Gasteiger charge is -2.16. The zero-order chi connectivity index (χ0) is 10.9. The predicted octanol–water partition coefficient (Wildman–Crippen LogP) is 1.39. The average molecular weight is 213 g/mol. The van der Waals surface area contributed by atoms with Crippen molar-refractivity contribution in [2.75, 3.05) is 18.0 Å². The largest absolute Gasteiger partial charge is 0.350 e. The first kappa shape index (κ1) is 10.3. The van der Waals surface area contributed by atoms with E-state index in [0.717, 1.165) is 5.56 Å². The third-order valence-electron chi connectivity index (χ3n) is 2.54. The average Bonchev–Trinajstić information content (AvgIpc) is 2.59. The van der Waals surface area contributed by atoms with Gasteiger partial charge in [0.2, 0.25) is 0 Å². The maximum absolute atomic E-state index is 12.9. The lowest BCUT2D eigenvalue weighted by Crippen LogP contribution is -2.25. The zero-order valence-corrected chi connectivity index (χ0v) is 8.29. The molecule has 0 radical (unpaired) electrons. The van der Waals surface area contributed by atoms with Crippen LogP contribution in [0.4, 0.5) is 14.6 Å². The summed E-state index contributed by atoms with van der Waals surface area (Å²) in [5, 5.41) is 0. The summed E-state index contributed by atoms with van der Waals surface area (Å²) in [7, 11) is 0. The van der Waals surface area contributed by atoms with Gasteiger partial charge in [0.05, 0.1) is 6.54 Å². The molecule has 0 atom stereocenters. The van der Waals surface area contributed by atoms with Crippen LogP contribution in [0.2, 0.25) is 0 Å². The molecule has 0 unspecified atom stereocenters. The summed E-state index contributed by atoms with van der Waals surface area (Å²) in [6.07, 6.45) is 1.54. The topological polar surface area (TPSA) is 42.1 Å². The normalized spacial score (nSPS) is 19.5. The Morgan fingerprint density at radius 1 is 1.47 bits per heavy atom. The number of nitrogens with zero attached hydrogens (tertiary/aromatic N) is 2. The Labute approximate surface area is 86.9 Å². The number of pyridine rings is 1. The Bertz CT molecular complexity index is 337. The molecule has 2 rings (SSSR count). The van der Waals surface area contributed by atoms with E-state index in [9.17, 15) is 8.78 Å². The van der Waals surface area contributed by atoms with Crippen molar-refractivity contribution in [3.8, 4) is 0 Å². The standard InChI is InChI=1S/C10H13F2N3/c11-10(12)3-4-15(7-10)9-2-1-8(5-13)6-14-9/h1-2,6H,3-5,7,13H2. The van der Waals surface area contributed by atoms with Gasteiger partial charge in [-0.2, -0.15) is 0 Å². The third kappa shape index (κ3) is 2.23. The van der Waals surface area contributed by atoms with E-state index in [-0.39, 0.29) is 13.0 Å². The first-order valence-corrected chi connectivity index (χ1v) is 4.88. The van der Waals surface area contributed by atoms with Crippen molar-refractivity contribution in [2.24, 2.45) is 5.73 Å². The van der Waals surface area contributed by atoms with Gasteiger partial charge in [-0.05, 0) is 11.6 Å². The van der Waals surface area contributed by atoms with Gasteiger partial charge < -0.3 is 10.6 Å². The van der Waals surface area contributed by atoms with Crippen LogP contribution in [0.3, 0.4) is 0 Å². The van der Waals surface area contributed by atoms with Crippen molar-refractivity contribution in [3.05, 3.63) is 23.9 Å². The molecule has 0 aliphatic carbocycles. The van der Waals surface area contributed by atoms with E-state index in [4.69, 9.17) is 5.73 Å². The van der Waals surface area contributed by atoms with E-state index >= 15 is 0 Å². The molecule has 1 aromatic rings. The summed E-state index contributed by atoms with van der Waals surface area (Å²) >= 11 is 0. The number of anilines is 1. The van der Waals surface area contributed by atoms with Crippen LogP contribution >= 0.6 is 0 Å². The monoisotopic (exact) mass is 213 g/mol. The zero-order valence-electron chi connectivity index (χ0n) is 8.29. The van der Waals surface area contributed by atoms with Gasteiger partial charge in [0.15, 0.2) is 0 Å². The Morgan fingerprint density at radius 2 is 2.27 bits per heavy atom. The lowest BCUT2D eigenvalue weighted by atomic mass is 10.3. The molecule has 0 amide bonds. The molecule has 15 heavy (non-hydrogen) atoms. The van der Waals surface area contributed by atoms with E-state index in [1.165, 1.54) is 0 Å². The van der Waals surface area contributed by atoms with Gasteiger partial charge in [0.25, 0.3) is 5.92 Å². The first-order chi connectivity index (χ1) is 7.11. The Morgan fingerprint density at radius 3 is 2.73 bits per heavy atom. The molecule has 1 fully saturated rings. The number of aromatic nitrogens is 1. The van der Waals surface area contributed by atoms with Gasteiger partial charge in [0.1, 0.15) is 5.82 Å². The molecule has 1 aromatic heterocycles. The van der Waals surface area contributed by atoms with Crippen molar-refractivity contribution in [1.29, 1.82) is 0 Å². The van der Waals surface area contributed by atoms with Crippen molar-refractivity contribution >= 4 is 5.82 Å².